The van der Waals surface area contributed by atoms with Gasteiger partial charge >= 0.3 is 0 Å². The lowest BCUT2D eigenvalue weighted by Gasteiger charge is -2.11. The molecule has 0 bridgehead atoms. The van der Waals surface area contributed by atoms with Crippen molar-refractivity contribution in [3.63, 3.8) is 0 Å². The van der Waals surface area contributed by atoms with Gasteiger partial charge < -0.3 is 10.3 Å². The van der Waals surface area contributed by atoms with E-state index < -0.39 is 0 Å². The molecule has 3 aromatic heterocycles. The molecule has 2 aromatic carbocycles. The number of aryl methyl sites for hydroxylation is 2. The summed E-state index contributed by atoms with van der Waals surface area (Å²) in [6.45, 7) is 4.16. The highest BCUT2D eigenvalue weighted by molar-refractivity contribution is 5.81. The van der Waals surface area contributed by atoms with Crippen LogP contribution < -0.4 is 5.32 Å². The van der Waals surface area contributed by atoms with Gasteiger partial charge in [-0.25, -0.2) is 9.97 Å². The fourth-order valence-electron chi connectivity index (χ4n) is 3.46. The van der Waals surface area contributed by atoms with Gasteiger partial charge in [0.15, 0.2) is 0 Å². The number of rotatable bonds is 4. The van der Waals surface area contributed by atoms with Crippen LogP contribution in [-0.4, -0.2) is 24.5 Å². The zero-order chi connectivity index (χ0) is 19.8. The van der Waals surface area contributed by atoms with E-state index in [4.69, 9.17) is 0 Å². The number of fused-ring (bicyclic) bond motifs is 1. The number of H-pyrrole nitrogens is 1. The monoisotopic (exact) mass is 380 g/mol. The third kappa shape index (κ3) is 3.14. The quantitative estimate of drug-likeness (QED) is 0.451. The minimum Gasteiger partial charge on any atom is -0.325 e. The first-order valence-corrected chi connectivity index (χ1v) is 9.45. The van der Waals surface area contributed by atoms with E-state index in [9.17, 15) is 0 Å². The summed E-state index contributed by atoms with van der Waals surface area (Å²) in [4.78, 5) is 16.5. The normalized spacial score (nSPS) is 11.1. The van der Waals surface area contributed by atoms with Crippen LogP contribution in [0, 0.1) is 13.8 Å². The van der Waals surface area contributed by atoms with Crippen LogP contribution in [0.15, 0.2) is 73.4 Å². The first kappa shape index (κ1) is 17.2. The van der Waals surface area contributed by atoms with Gasteiger partial charge in [-0.05, 0) is 55.3 Å². The molecule has 6 nitrogen and oxygen atoms in total. The predicted octanol–water partition coefficient (Wildman–Crippen LogP) is 5.17. The average Bonchev–Trinajstić information content (AvgIpc) is 3.38. The highest BCUT2D eigenvalue weighted by atomic mass is 15.1. The Morgan fingerprint density at radius 1 is 0.931 bits per heavy atom. The summed E-state index contributed by atoms with van der Waals surface area (Å²) in [5.74, 6) is 0.690. The Labute approximate surface area is 168 Å². The third-order valence-corrected chi connectivity index (χ3v) is 5.08. The van der Waals surface area contributed by atoms with Gasteiger partial charge in [0.2, 0.25) is 5.95 Å². The van der Waals surface area contributed by atoms with Crippen LogP contribution in [0.1, 0.15) is 11.1 Å². The summed E-state index contributed by atoms with van der Waals surface area (Å²) >= 11 is 0. The molecule has 0 aliphatic heterocycles. The molecule has 5 aromatic rings. The van der Waals surface area contributed by atoms with E-state index in [-0.39, 0.29) is 0 Å². The van der Waals surface area contributed by atoms with Crippen LogP contribution in [0.5, 0.6) is 0 Å². The minimum atomic E-state index is 0.690. The Morgan fingerprint density at radius 3 is 2.72 bits per heavy atom. The highest BCUT2D eigenvalue weighted by Gasteiger charge is 2.10. The van der Waals surface area contributed by atoms with Gasteiger partial charge in [-0.1, -0.05) is 18.2 Å². The first-order valence-electron chi connectivity index (χ1n) is 9.45. The Bertz CT molecular complexity index is 1300. The van der Waals surface area contributed by atoms with E-state index in [1.54, 1.807) is 6.20 Å². The second-order valence-electron chi connectivity index (χ2n) is 7.07. The number of aromatic amines is 1. The van der Waals surface area contributed by atoms with Crippen LogP contribution in [0.3, 0.4) is 0 Å². The van der Waals surface area contributed by atoms with E-state index in [0.717, 1.165) is 39.2 Å². The fourth-order valence-corrected chi connectivity index (χ4v) is 3.46. The molecule has 0 atom stereocenters. The van der Waals surface area contributed by atoms with Crippen molar-refractivity contribution in [2.75, 3.05) is 5.32 Å². The van der Waals surface area contributed by atoms with Gasteiger partial charge in [0.05, 0.1) is 22.9 Å². The summed E-state index contributed by atoms with van der Waals surface area (Å²) in [6, 6.07) is 16.5. The molecule has 0 unspecified atom stereocenters. The number of imidazole rings is 2. The lowest BCUT2D eigenvalue weighted by atomic mass is 10.1. The summed E-state index contributed by atoms with van der Waals surface area (Å²) in [7, 11) is 0. The second kappa shape index (κ2) is 6.91. The first-order chi connectivity index (χ1) is 14.2. The Kier molecular flexibility index (Phi) is 4.09. The number of pyridine rings is 1. The maximum atomic E-state index is 4.59. The maximum absolute atomic E-state index is 4.59. The molecule has 0 saturated heterocycles. The van der Waals surface area contributed by atoms with Gasteiger partial charge in [0.1, 0.15) is 6.33 Å². The smallest absolute Gasteiger partial charge is 0.205 e. The van der Waals surface area contributed by atoms with E-state index >= 15 is 0 Å². The van der Waals surface area contributed by atoms with Crippen LogP contribution in [0.25, 0.3) is 28.0 Å². The average molecular weight is 380 g/mol. The number of benzene rings is 2. The molecular weight excluding hydrogens is 360 g/mol. The van der Waals surface area contributed by atoms with E-state index in [2.05, 4.69) is 80.1 Å². The minimum absolute atomic E-state index is 0.690. The number of aromatic nitrogens is 5. The fraction of sp³-hybridized carbons (Fsp3) is 0.0870. The van der Waals surface area contributed by atoms with Crippen LogP contribution in [0.4, 0.5) is 11.6 Å². The van der Waals surface area contributed by atoms with Crippen LogP contribution >= 0.6 is 0 Å². The van der Waals surface area contributed by atoms with Gasteiger partial charge in [-0.15, -0.1) is 0 Å². The molecule has 0 spiro atoms. The Hall–Kier alpha value is -3.93. The lowest BCUT2D eigenvalue weighted by Crippen LogP contribution is -1.98. The Balaban J connectivity index is 1.49. The predicted molar refractivity (Wildman–Crippen MR) is 116 cm³/mol. The van der Waals surface area contributed by atoms with Crippen molar-refractivity contribution in [1.82, 2.24) is 24.5 Å². The molecule has 2 N–H and O–H groups in total. The molecule has 0 amide bonds. The topological polar surface area (TPSA) is 71.4 Å². The van der Waals surface area contributed by atoms with Crippen molar-refractivity contribution in [1.29, 1.82) is 0 Å². The zero-order valence-corrected chi connectivity index (χ0v) is 16.2. The van der Waals surface area contributed by atoms with Gasteiger partial charge in [0, 0.05) is 29.3 Å². The molecule has 0 fully saturated rings. The largest absolute Gasteiger partial charge is 0.325 e. The third-order valence-electron chi connectivity index (χ3n) is 5.08. The van der Waals surface area contributed by atoms with Gasteiger partial charge in [-0.3, -0.25) is 9.55 Å². The lowest BCUT2D eigenvalue weighted by molar-refractivity contribution is 1.09. The van der Waals surface area contributed by atoms with Gasteiger partial charge in [0.25, 0.3) is 0 Å². The van der Waals surface area contributed by atoms with Crippen molar-refractivity contribution in [3.8, 4) is 16.9 Å². The molecule has 6 heteroatoms. The molecule has 3 heterocycles. The summed E-state index contributed by atoms with van der Waals surface area (Å²) in [6.07, 6.45) is 7.26. The summed E-state index contributed by atoms with van der Waals surface area (Å²) in [5.41, 5.74) is 8.38. The molecule has 0 saturated carbocycles. The number of hydrogen-bond acceptors (Lipinski definition) is 4. The molecule has 0 radical (unpaired) electrons. The molecule has 0 aliphatic carbocycles. The zero-order valence-electron chi connectivity index (χ0n) is 16.2. The molecule has 142 valence electrons. The molecule has 0 aliphatic rings. The number of hydrogen-bond donors (Lipinski definition) is 2. The van der Waals surface area contributed by atoms with Crippen molar-refractivity contribution in [2.24, 2.45) is 0 Å². The number of anilines is 2. The summed E-state index contributed by atoms with van der Waals surface area (Å²) < 4.78 is 2.11. The number of para-hydroxylation sites is 1. The SMILES string of the molecule is Cc1ccc(-n2cnc3c(C)cccc32)cc1Nc1ncc(-c2cccnc2)[nH]1. The van der Waals surface area contributed by atoms with Crippen LogP contribution in [0.2, 0.25) is 0 Å². The Morgan fingerprint density at radius 2 is 1.86 bits per heavy atom. The van der Waals surface area contributed by atoms with Crippen molar-refractivity contribution < 1.29 is 0 Å². The maximum Gasteiger partial charge on any atom is 0.205 e. The standard InChI is InChI=1S/C23H20N6/c1-15-8-9-18(29-14-26-22-16(2)5-3-7-21(22)29)11-19(15)27-23-25-13-20(28-23)17-6-4-10-24-12-17/h3-14H,1-2H3,(H2,25,27,28). The number of nitrogens with zero attached hydrogens (tertiary/aromatic N) is 4. The molecule has 5 rings (SSSR count). The van der Waals surface area contributed by atoms with Crippen LogP contribution in [-0.2, 0) is 0 Å². The molecule has 29 heavy (non-hydrogen) atoms. The summed E-state index contributed by atoms with van der Waals surface area (Å²) in [5, 5.41) is 3.40. The van der Waals surface area contributed by atoms with Crippen molar-refractivity contribution in [2.45, 2.75) is 13.8 Å². The van der Waals surface area contributed by atoms with E-state index in [1.165, 1.54) is 5.56 Å². The van der Waals surface area contributed by atoms with E-state index in [0.29, 0.717) is 5.95 Å². The number of nitrogens with one attached hydrogen (secondary N) is 2. The van der Waals surface area contributed by atoms with Gasteiger partial charge in [-0.2, -0.15) is 0 Å². The highest BCUT2D eigenvalue weighted by Crippen LogP contribution is 2.27. The molecular formula is C23H20N6. The van der Waals surface area contributed by atoms with Crippen molar-refractivity contribution in [3.05, 3.63) is 84.6 Å². The van der Waals surface area contributed by atoms with E-state index in [1.807, 2.05) is 30.9 Å². The second-order valence-corrected chi connectivity index (χ2v) is 7.07. The van der Waals surface area contributed by atoms with Crippen molar-refractivity contribution >= 4 is 22.7 Å².